The van der Waals surface area contributed by atoms with Gasteiger partial charge in [0.2, 0.25) is 0 Å². The molecule has 2 heterocycles. The summed E-state index contributed by atoms with van der Waals surface area (Å²) in [4.78, 5) is 18.6. The van der Waals surface area contributed by atoms with E-state index in [-0.39, 0.29) is 17.8 Å². The smallest absolute Gasteiger partial charge is 0.263 e. The van der Waals surface area contributed by atoms with Crippen LogP contribution in [0.1, 0.15) is 33.2 Å². The monoisotopic (exact) mass is 346 g/mol. The van der Waals surface area contributed by atoms with Crippen LogP contribution in [-0.2, 0) is 0 Å². The number of thiazole rings is 1. The molecule has 3 aromatic rings. The Labute approximate surface area is 141 Å². The number of amides is 1. The van der Waals surface area contributed by atoms with E-state index in [2.05, 4.69) is 10.3 Å². The van der Waals surface area contributed by atoms with Crippen LogP contribution in [-0.4, -0.2) is 10.9 Å². The average Bonchev–Trinajstić information content (AvgIpc) is 3.17. The predicted octanol–water partition coefficient (Wildman–Crippen LogP) is 4.81. The number of carbonyl (C=O) groups excluding carboxylic acids is 1. The van der Waals surface area contributed by atoms with Gasteiger partial charge in [-0.2, -0.15) is 0 Å². The number of nitrogens with zero attached hydrogens (tertiary/aromatic N) is 1. The van der Waals surface area contributed by atoms with Gasteiger partial charge < -0.3 is 5.32 Å². The van der Waals surface area contributed by atoms with Crippen LogP contribution in [0.3, 0.4) is 0 Å². The molecule has 1 amide bonds. The third-order valence-corrected chi connectivity index (χ3v) is 5.67. The Balaban J connectivity index is 1.80. The molecule has 0 radical (unpaired) electrons. The number of benzene rings is 1. The Morgan fingerprint density at radius 3 is 2.65 bits per heavy atom. The van der Waals surface area contributed by atoms with Gasteiger partial charge in [-0.25, -0.2) is 9.37 Å². The Kier molecular flexibility index (Phi) is 4.54. The first-order chi connectivity index (χ1) is 11.0. The van der Waals surface area contributed by atoms with Gasteiger partial charge in [-0.3, -0.25) is 4.79 Å². The van der Waals surface area contributed by atoms with Crippen molar-refractivity contribution in [1.29, 1.82) is 0 Å². The lowest BCUT2D eigenvalue weighted by atomic mass is 10.2. The number of hydrogen-bond donors (Lipinski definition) is 1. The van der Waals surface area contributed by atoms with E-state index in [0.717, 1.165) is 15.4 Å². The third-order valence-electron chi connectivity index (χ3n) is 3.41. The Morgan fingerprint density at radius 2 is 2.00 bits per heavy atom. The minimum atomic E-state index is -0.287. The minimum absolute atomic E-state index is 0.0433. The van der Waals surface area contributed by atoms with Crippen LogP contribution in [0.15, 0.2) is 41.8 Å². The second-order valence-electron chi connectivity index (χ2n) is 5.15. The maximum atomic E-state index is 13.0. The summed E-state index contributed by atoms with van der Waals surface area (Å²) in [6.07, 6.45) is 0. The molecular formula is C17H15FN2OS2. The highest BCUT2D eigenvalue weighted by Gasteiger charge is 2.18. The number of thiophene rings is 1. The number of carbonyl (C=O) groups is 1. The summed E-state index contributed by atoms with van der Waals surface area (Å²) in [6, 6.07) is 10.0. The lowest BCUT2D eigenvalue weighted by Gasteiger charge is -2.11. The molecule has 118 valence electrons. The molecule has 3 nitrogen and oxygen atoms in total. The molecule has 1 atom stereocenters. The first-order valence-corrected chi connectivity index (χ1v) is 8.82. The van der Waals surface area contributed by atoms with Crippen LogP contribution >= 0.6 is 22.7 Å². The minimum Gasteiger partial charge on any atom is -0.344 e. The van der Waals surface area contributed by atoms with Crippen LogP contribution in [0.4, 0.5) is 4.39 Å². The van der Waals surface area contributed by atoms with E-state index in [0.29, 0.717) is 10.6 Å². The molecule has 0 saturated heterocycles. The molecule has 3 rings (SSSR count). The molecule has 1 aromatic carbocycles. The lowest BCUT2D eigenvalue weighted by molar-refractivity contribution is 0.0944. The molecule has 2 aromatic heterocycles. The third kappa shape index (κ3) is 3.48. The normalized spacial score (nSPS) is 12.1. The first-order valence-electron chi connectivity index (χ1n) is 7.12. The van der Waals surface area contributed by atoms with Crippen molar-refractivity contribution in [3.8, 4) is 10.6 Å². The molecule has 0 fully saturated rings. The summed E-state index contributed by atoms with van der Waals surface area (Å²) in [5.41, 5.74) is 1.50. The number of rotatable bonds is 4. The maximum Gasteiger partial charge on any atom is 0.263 e. The fourth-order valence-electron chi connectivity index (χ4n) is 2.19. The molecule has 1 N–H and O–H groups in total. The van der Waals surface area contributed by atoms with Gasteiger partial charge in [-0.05, 0) is 49.6 Å². The summed E-state index contributed by atoms with van der Waals surface area (Å²) in [7, 11) is 0. The molecular weight excluding hydrogens is 331 g/mol. The van der Waals surface area contributed by atoms with E-state index in [1.165, 1.54) is 23.5 Å². The van der Waals surface area contributed by atoms with Crippen LogP contribution in [0.2, 0.25) is 0 Å². The number of aromatic nitrogens is 1. The van der Waals surface area contributed by atoms with Gasteiger partial charge in [0.25, 0.3) is 5.91 Å². The zero-order chi connectivity index (χ0) is 16.4. The van der Waals surface area contributed by atoms with Crippen molar-refractivity contribution in [2.24, 2.45) is 0 Å². The zero-order valence-corrected chi connectivity index (χ0v) is 14.3. The summed E-state index contributed by atoms with van der Waals surface area (Å²) in [5.74, 6) is -0.418. The fourth-order valence-corrected chi connectivity index (χ4v) is 3.90. The van der Waals surface area contributed by atoms with Crippen molar-refractivity contribution in [3.05, 3.63) is 63.0 Å². The van der Waals surface area contributed by atoms with E-state index in [9.17, 15) is 9.18 Å². The van der Waals surface area contributed by atoms with E-state index >= 15 is 0 Å². The molecule has 0 aliphatic rings. The number of halogens is 1. The molecule has 0 aliphatic heterocycles. The van der Waals surface area contributed by atoms with Gasteiger partial charge in [-0.1, -0.05) is 6.07 Å². The highest BCUT2D eigenvalue weighted by Crippen LogP contribution is 2.28. The van der Waals surface area contributed by atoms with E-state index in [4.69, 9.17) is 0 Å². The molecule has 0 saturated carbocycles. The van der Waals surface area contributed by atoms with Crippen molar-refractivity contribution >= 4 is 28.6 Å². The van der Waals surface area contributed by atoms with Crippen LogP contribution in [0, 0.1) is 12.7 Å². The van der Waals surface area contributed by atoms with E-state index in [1.54, 1.807) is 23.5 Å². The van der Waals surface area contributed by atoms with Crippen LogP contribution < -0.4 is 5.32 Å². The number of hydrogen-bond acceptors (Lipinski definition) is 4. The highest BCUT2D eigenvalue weighted by atomic mass is 32.1. The van der Waals surface area contributed by atoms with Crippen LogP contribution in [0.25, 0.3) is 10.6 Å². The standard InChI is InChI=1S/C17H15FN2OS2/c1-10(14-4-3-9-22-14)19-16(21)15-11(2)20-17(23-15)12-5-7-13(18)8-6-12/h3-10H,1-2H3,(H,19,21). The average molecular weight is 346 g/mol. The molecule has 0 bridgehead atoms. The number of aryl methyl sites for hydroxylation is 1. The van der Waals surface area contributed by atoms with Crippen LogP contribution in [0.5, 0.6) is 0 Å². The lowest BCUT2D eigenvalue weighted by Crippen LogP contribution is -2.25. The van der Waals surface area contributed by atoms with E-state index in [1.807, 2.05) is 31.4 Å². The quantitative estimate of drug-likeness (QED) is 0.736. The SMILES string of the molecule is Cc1nc(-c2ccc(F)cc2)sc1C(=O)NC(C)c1cccs1. The second kappa shape index (κ2) is 6.60. The van der Waals surface area contributed by atoms with Gasteiger partial charge in [0.05, 0.1) is 11.7 Å². The summed E-state index contributed by atoms with van der Waals surface area (Å²) in [6.45, 7) is 3.77. The topological polar surface area (TPSA) is 42.0 Å². The first kappa shape index (κ1) is 15.8. The highest BCUT2D eigenvalue weighted by molar-refractivity contribution is 7.17. The van der Waals surface area contributed by atoms with Gasteiger partial charge in [-0.15, -0.1) is 22.7 Å². The largest absolute Gasteiger partial charge is 0.344 e. The summed E-state index contributed by atoms with van der Waals surface area (Å²) >= 11 is 2.94. The maximum absolute atomic E-state index is 13.0. The fraction of sp³-hybridized carbons (Fsp3) is 0.176. The summed E-state index contributed by atoms with van der Waals surface area (Å²) < 4.78 is 13.0. The van der Waals surface area contributed by atoms with E-state index < -0.39 is 0 Å². The van der Waals surface area contributed by atoms with Crippen molar-refractivity contribution in [3.63, 3.8) is 0 Å². The van der Waals surface area contributed by atoms with Crippen molar-refractivity contribution < 1.29 is 9.18 Å². The van der Waals surface area contributed by atoms with Gasteiger partial charge in [0.15, 0.2) is 0 Å². The predicted molar refractivity (Wildman–Crippen MR) is 92.4 cm³/mol. The Morgan fingerprint density at radius 1 is 1.26 bits per heavy atom. The molecule has 1 unspecified atom stereocenters. The summed E-state index contributed by atoms with van der Waals surface area (Å²) in [5, 5.41) is 5.70. The second-order valence-corrected chi connectivity index (χ2v) is 7.13. The Bertz CT molecular complexity index is 810. The number of nitrogens with one attached hydrogen (secondary N) is 1. The zero-order valence-electron chi connectivity index (χ0n) is 12.7. The van der Waals surface area contributed by atoms with Crippen molar-refractivity contribution in [1.82, 2.24) is 10.3 Å². The molecule has 0 aliphatic carbocycles. The van der Waals surface area contributed by atoms with Gasteiger partial charge >= 0.3 is 0 Å². The molecule has 0 spiro atoms. The van der Waals surface area contributed by atoms with Crippen molar-refractivity contribution in [2.75, 3.05) is 0 Å². The molecule has 23 heavy (non-hydrogen) atoms. The van der Waals surface area contributed by atoms with Crippen molar-refractivity contribution in [2.45, 2.75) is 19.9 Å². The van der Waals surface area contributed by atoms with Gasteiger partial charge in [0, 0.05) is 10.4 Å². The molecule has 6 heteroatoms. The van der Waals surface area contributed by atoms with Gasteiger partial charge in [0.1, 0.15) is 15.7 Å². The Hall–Kier alpha value is -2.05.